The Morgan fingerprint density at radius 2 is 2.36 bits per heavy atom. The summed E-state index contributed by atoms with van der Waals surface area (Å²) in [6.07, 6.45) is 0.452. The van der Waals surface area contributed by atoms with Crippen LogP contribution in [-0.4, -0.2) is 42.4 Å². The van der Waals surface area contributed by atoms with Crippen molar-refractivity contribution in [1.82, 2.24) is 0 Å². The van der Waals surface area contributed by atoms with Gasteiger partial charge < -0.3 is 14.2 Å². The number of ether oxygens (including phenoxy) is 3. The van der Waals surface area contributed by atoms with Crippen molar-refractivity contribution in [2.24, 2.45) is 0 Å². The largest absolute Gasteiger partial charge is 0.376 e. The Bertz CT molecular complexity index is 290. The molecule has 2 bridgehead atoms. The van der Waals surface area contributed by atoms with Crippen LogP contribution in [0.5, 0.6) is 0 Å². The number of Topliss-reactive ketones (excluding diaryl/α,β-unsaturated/α-hetero) is 1. The average Bonchev–Trinajstić information content (AvgIpc) is 2.86. The first-order chi connectivity index (χ1) is 6.65. The molecule has 0 amide bonds. The first-order valence-electron chi connectivity index (χ1n) is 5.15. The van der Waals surface area contributed by atoms with Gasteiger partial charge in [-0.15, -0.1) is 0 Å². The predicted octanol–water partition coefficient (Wildman–Crippen LogP) is 0.289. The summed E-state index contributed by atoms with van der Waals surface area (Å²) in [5.41, 5.74) is -0.651. The van der Waals surface area contributed by atoms with Crippen LogP contribution >= 0.6 is 0 Å². The SMILES string of the molecule is CCOC1CC2(C)OC1C1OC1C2=O. The summed E-state index contributed by atoms with van der Waals surface area (Å²) in [7, 11) is 0. The zero-order valence-electron chi connectivity index (χ0n) is 8.36. The molecule has 0 N–H and O–H groups in total. The van der Waals surface area contributed by atoms with Gasteiger partial charge in [0.05, 0.1) is 6.10 Å². The van der Waals surface area contributed by atoms with E-state index >= 15 is 0 Å². The molecule has 3 fully saturated rings. The second kappa shape index (κ2) is 2.56. The van der Waals surface area contributed by atoms with Crippen LogP contribution < -0.4 is 0 Å². The van der Waals surface area contributed by atoms with Gasteiger partial charge in [-0.25, -0.2) is 0 Å². The third-order valence-electron chi connectivity index (χ3n) is 3.36. The molecule has 0 aromatic heterocycles. The normalized spacial score (nSPS) is 54.6. The third-order valence-corrected chi connectivity index (χ3v) is 3.36. The van der Waals surface area contributed by atoms with Gasteiger partial charge in [0.1, 0.15) is 23.9 Å². The molecule has 0 aromatic rings. The molecule has 14 heavy (non-hydrogen) atoms. The number of rotatable bonds is 2. The number of carbonyl (C=O) groups is 1. The van der Waals surface area contributed by atoms with Crippen LogP contribution in [0.4, 0.5) is 0 Å². The summed E-state index contributed by atoms with van der Waals surface area (Å²) in [6.45, 7) is 4.46. The Balaban J connectivity index is 1.87. The van der Waals surface area contributed by atoms with E-state index in [-0.39, 0.29) is 30.2 Å². The second-order valence-electron chi connectivity index (χ2n) is 4.40. The standard InChI is InChI=1S/C10H14O4/c1-3-12-5-4-10(2)9(11)8-7(13-8)6(5)14-10/h5-8H,3-4H2,1-2H3. The molecule has 3 aliphatic rings. The Labute approximate surface area is 82.5 Å². The van der Waals surface area contributed by atoms with Crippen molar-refractivity contribution >= 4 is 5.78 Å². The van der Waals surface area contributed by atoms with Gasteiger partial charge in [0.15, 0.2) is 5.78 Å². The Morgan fingerprint density at radius 3 is 3.07 bits per heavy atom. The molecular formula is C10H14O4. The number of hydrogen-bond donors (Lipinski definition) is 0. The fourth-order valence-corrected chi connectivity index (χ4v) is 2.62. The summed E-state index contributed by atoms with van der Waals surface area (Å²) in [5, 5.41) is 0. The number of ketones is 1. The number of hydrogen-bond acceptors (Lipinski definition) is 4. The maximum Gasteiger partial charge on any atom is 0.195 e. The molecular weight excluding hydrogens is 184 g/mol. The molecule has 0 saturated carbocycles. The molecule has 0 aliphatic carbocycles. The molecule has 4 nitrogen and oxygen atoms in total. The van der Waals surface area contributed by atoms with Gasteiger partial charge >= 0.3 is 0 Å². The minimum Gasteiger partial charge on any atom is -0.376 e. The summed E-state index contributed by atoms with van der Waals surface area (Å²) >= 11 is 0. The number of epoxide rings is 1. The highest BCUT2D eigenvalue weighted by Crippen LogP contribution is 2.48. The van der Waals surface area contributed by atoms with Crippen molar-refractivity contribution in [3.63, 3.8) is 0 Å². The molecule has 3 rings (SSSR count). The van der Waals surface area contributed by atoms with Crippen LogP contribution in [0.3, 0.4) is 0 Å². The molecule has 5 atom stereocenters. The van der Waals surface area contributed by atoms with E-state index in [1.165, 1.54) is 0 Å². The summed E-state index contributed by atoms with van der Waals surface area (Å²) < 4.78 is 16.6. The summed E-state index contributed by atoms with van der Waals surface area (Å²) in [6, 6.07) is 0. The van der Waals surface area contributed by atoms with E-state index in [1.54, 1.807) is 0 Å². The first kappa shape index (κ1) is 8.83. The van der Waals surface area contributed by atoms with E-state index in [0.29, 0.717) is 13.0 Å². The summed E-state index contributed by atoms with van der Waals surface area (Å²) in [4.78, 5) is 11.8. The second-order valence-corrected chi connectivity index (χ2v) is 4.40. The summed E-state index contributed by atoms with van der Waals surface area (Å²) in [5.74, 6) is 0.0981. The molecule has 5 unspecified atom stereocenters. The molecule has 4 heteroatoms. The van der Waals surface area contributed by atoms with Crippen molar-refractivity contribution in [3.05, 3.63) is 0 Å². The van der Waals surface area contributed by atoms with Crippen molar-refractivity contribution in [3.8, 4) is 0 Å². The van der Waals surface area contributed by atoms with E-state index in [0.717, 1.165) is 0 Å². The monoisotopic (exact) mass is 198 g/mol. The van der Waals surface area contributed by atoms with Gasteiger partial charge in [-0.3, -0.25) is 4.79 Å². The van der Waals surface area contributed by atoms with E-state index in [1.807, 2.05) is 13.8 Å². The Morgan fingerprint density at radius 1 is 1.57 bits per heavy atom. The zero-order valence-corrected chi connectivity index (χ0v) is 8.36. The fraction of sp³-hybridized carbons (Fsp3) is 0.900. The molecule has 78 valence electrons. The minimum absolute atomic E-state index is 0.0253. The van der Waals surface area contributed by atoms with E-state index in [4.69, 9.17) is 14.2 Å². The van der Waals surface area contributed by atoms with Crippen LogP contribution in [-0.2, 0) is 19.0 Å². The van der Waals surface area contributed by atoms with Crippen molar-refractivity contribution in [2.75, 3.05) is 6.61 Å². The van der Waals surface area contributed by atoms with Crippen molar-refractivity contribution in [1.29, 1.82) is 0 Å². The van der Waals surface area contributed by atoms with Crippen LogP contribution in [0.2, 0.25) is 0 Å². The highest BCUT2D eigenvalue weighted by atomic mass is 16.7. The molecule has 0 radical (unpaired) electrons. The molecule has 0 spiro atoms. The highest BCUT2D eigenvalue weighted by molar-refractivity contribution is 5.95. The fourth-order valence-electron chi connectivity index (χ4n) is 2.62. The van der Waals surface area contributed by atoms with E-state index in [9.17, 15) is 4.79 Å². The zero-order chi connectivity index (χ0) is 9.92. The maximum absolute atomic E-state index is 11.8. The van der Waals surface area contributed by atoms with Gasteiger partial charge in [-0.1, -0.05) is 0 Å². The number of carbonyl (C=O) groups excluding carboxylic acids is 1. The van der Waals surface area contributed by atoms with Crippen LogP contribution in [0.25, 0.3) is 0 Å². The van der Waals surface area contributed by atoms with Gasteiger partial charge in [-0.2, -0.15) is 0 Å². The van der Waals surface area contributed by atoms with E-state index in [2.05, 4.69) is 0 Å². The van der Waals surface area contributed by atoms with Crippen molar-refractivity contribution in [2.45, 2.75) is 50.3 Å². The topological polar surface area (TPSA) is 48.1 Å². The minimum atomic E-state index is -0.651. The van der Waals surface area contributed by atoms with Crippen molar-refractivity contribution < 1.29 is 19.0 Å². The maximum atomic E-state index is 11.8. The Kier molecular flexibility index (Phi) is 1.62. The lowest BCUT2D eigenvalue weighted by Crippen LogP contribution is -2.44. The molecule has 3 saturated heterocycles. The van der Waals surface area contributed by atoms with Crippen LogP contribution in [0.15, 0.2) is 0 Å². The lowest BCUT2D eigenvalue weighted by Gasteiger charge is -2.24. The molecule has 3 heterocycles. The predicted molar refractivity (Wildman–Crippen MR) is 47.0 cm³/mol. The average molecular weight is 198 g/mol. The van der Waals surface area contributed by atoms with Gasteiger partial charge in [0.25, 0.3) is 0 Å². The van der Waals surface area contributed by atoms with E-state index < -0.39 is 5.60 Å². The van der Waals surface area contributed by atoms with Gasteiger partial charge in [0, 0.05) is 13.0 Å². The molecule has 0 aromatic carbocycles. The number of fused-ring (bicyclic) bond motifs is 4. The third kappa shape index (κ3) is 0.962. The lowest BCUT2D eigenvalue weighted by molar-refractivity contribution is -0.145. The first-order valence-corrected chi connectivity index (χ1v) is 5.15. The highest BCUT2D eigenvalue weighted by Gasteiger charge is 2.68. The molecule has 3 aliphatic heterocycles. The van der Waals surface area contributed by atoms with Gasteiger partial charge in [-0.05, 0) is 13.8 Å². The quantitative estimate of drug-likeness (QED) is 0.598. The lowest BCUT2D eigenvalue weighted by atomic mass is 9.95. The van der Waals surface area contributed by atoms with Crippen LogP contribution in [0.1, 0.15) is 20.3 Å². The van der Waals surface area contributed by atoms with Gasteiger partial charge in [0.2, 0.25) is 0 Å². The smallest absolute Gasteiger partial charge is 0.195 e. The van der Waals surface area contributed by atoms with Crippen LogP contribution in [0, 0.1) is 0 Å². The Hall–Kier alpha value is -0.450.